The molecule has 0 fully saturated rings. The van der Waals surface area contributed by atoms with E-state index in [0.29, 0.717) is 12.3 Å². The van der Waals surface area contributed by atoms with E-state index in [1.165, 1.54) is 0 Å². The highest BCUT2D eigenvalue weighted by Crippen LogP contribution is 2.15. The smallest absolute Gasteiger partial charge is 0.230 e. The van der Waals surface area contributed by atoms with Gasteiger partial charge in [-0.3, -0.25) is 4.79 Å². The Labute approximate surface area is 101 Å². The number of hydrogen-bond donors (Lipinski definition) is 1. The average Bonchev–Trinajstić information content (AvgIpc) is 2.27. The molecule has 0 bridgehead atoms. The van der Waals surface area contributed by atoms with Crippen molar-refractivity contribution in [3.8, 4) is 0 Å². The third kappa shape index (κ3) is 5.78. The molecule has 0 saturated heterocycles. The molecule has 4 heteroatoms. The van der Waals surface area contributed by atoms with Gasteiger partial charge in [0.2, 0.25) is 5.91 Å². The molecule has 0 aliphatic rings. The summed E-state index contributed by atoms with van der Waals surface area (Å²) in [6, 6.07) is 9.95. The average molecular weight is 238 g/mol. The van der Waals surface area contributed by atoms with Crippen LogP contribution in [0.15, 0.2) is 35.2 Å². The number of benzene rings is 1. The fraction of sp³-hybridized carbons (Fsp3) is 0.417. The van der Waals surface area contributed by atoms with Crippen LogP contribution < -0.4 is 5.32 Å². The zero-order chi connectivity index (χ0) is 11.8. The number of carbonyl (C=O) groups excluding carboxylic acids is 1. The van der Waals surface area contributed by atoms with Gasteiger partial charge in [-0.2, -0.15) is 0 Å². The molecule has 0 aliphatic heterocycles. The van der Waals surface area contributed by atoms with Gasteiger partial charge < -0.3 is 10.2 Å². The Morgan fingerprint density at radius 1 is 1.31 bits per heavy atom. The van der Waals surface area contributed by atoms with Gasteiger partial charge in [-0.25, -0.2) is 0 Å². The van der Waals surface area contributed by atoms with Crippen LogP contribution in [0.3, 0.4) is 0 Å². The highest BCUT2D eigenvalue weighted by atomic mass is 32.2. The minimum absolute atomic E-state index is 0.0932. The number of nitrogens with zero attached hydrogens (tertiary/aromatic N) is 1. The molecular weight excluding hydrogens is 220 g/mol. The van der Waals surface area contributed by atoms with E-state index < -0.39 is 0 Å². The summed E-state index contributed by atoms with van der Waals surface area (Å²) in [6.45, 7) is 1.59. The van der Waals surface area contributed by atoms with Gasteiger partial charge in [-0.05, 0) is 26.2 Å². The zero-order valence-electron chi connectivity index (χ0n) is 9.77. The topological polar surface area (TPSA) is 32.3 Å². The van der Waals surface area contributed by atoms with E-state index in [1.807, 2.05) is 49.3 Å². The Balaban J connectivity index is 2.16. The summed E-state index contributed by atoms with van der Waals surface area (Å²) in [5.41, 5.74) is 0. The third-order valence-electron chi connectivity index (χ3n) is 1.99. The van der Waals surface area contributed by atoms with Gasteiger partial charge in [-0.15, -0.1) is 11.8 Å². The number of likely N-dealkylation sites (N-methyl/N-ethyl adjacent to an activating group) is 1. The zero-order valence-corrected chi connectivity index (χ0v) is 10.6. The highest BCUT2D eigenvalue weighted by molar-refractivity contribution is 8.00. The van der Waals surface area contributed by atoms with Crippen molar-refractivity contribution >= 4 is 17.7 Å². The first-order valence-corrected chi connectivity index (χ1v) is 6.26. The van der Waals surface area contributed by atoms with Crippen LogP contribution in [0.1, 0.15) is 0 Å². The molecular formula is C12H18N2OS. The molecule has 0 atom stereocenters. The molecule has 1 amide bonds. The van der Waals surface area contributed by atoms with Crippen molar-refractivity contribution in [2.45, 2.75) is 4.90 Å². The van der Waals surface area contributed by atoms with Gasteiger partial charge in [0.25, 0.3) is 0 Å². The minimum Gasteiger partial charge on any atom is -0.354 e. The summed E-state index contributed by atoms with van der Waals surface area (Å²) in [7, 11) is 3.98. The van der Waals surface area contributed by atoms with E-state index in [-0.39, 0.29) is 5.91 Å². The number of carbonyl (C=O) groups is 1. The monoisotopic (exact) mass is 238 g/mol. The Morgan fingerprint density at radius 2 is 2.00 bits per heavy atom. The Kier molecular flexibility index (Phi) is 5.96. The molecule has 88 valence electrons. The van der Waals surface area contributed by atoms with Gasteiger partial charge in [0.1, 0.15) is 0 Å². The molecule has 1 aromatic rings. The summed E-state index contributed by atoms with van der Waals surface area (Å²) in [5.74, 6) is 0.577. The van der Waals surface area contributed by atoms with Gasteiger partial charge in [0, 0.05) is 18.0 Å². The van der Waals surface area contributed by atoms with Crippen LogP contribution in [0, 0.1) is 0 Å². The first-order chi connectivity index (χ1) is 7.68. The predicted octanol–water partition coefficient (Wildman–Crippen LogP) is 1.46. The lowest BCUT2D eigenvalue weighted by Crippen LogP contribution is -2.32. The van der Waals surface area contributed by atoms with Crippen molar-refractivity contribution in [2.24, 2.45) is 0 Å². The van der Waals surface area contributed by atoms with E-state index in [0.717, 1.165) is 11.4 Å². The Morgan fingerprint density at radius 3 is 2.62 bits per heavy atom. The maximum absolute atomic E-state index is 11.4. The lowest BCUT2D eigenvalue weighted by molar-refractivity contribution is -0.118. The first kappa shape index (κ1) is 13.1. The maximum Gasteiger partial charge on any atom is 0.230 e. The molecule has 0 aromatic heterocycles. The quantitative estimate of drug-likeness (QED) is 0.762. The van der Waals surface area contributed by atoms with E-state index in [2.05, 4.69) is 5.32 Å². The second-order valence-corrected chi connectivity index (χ2v) is 4.80. The van der Waals surface area contributed by atoms with Crippen LogP contribution in [-0.4, -0.2) is 43.7 Å². The van der Waals surface area contributed by atoms with Crippen molar-refractivity contribution in [2.75, 3.05) is 32.9 Å². The molecule has 0 saturated carbocycles. The second kappa shape index (κ2) is 7.30. The van der Waals surface area contributed by atoms with Gasteiger partial charge in [0.15, 0.2) is 0 Å². The molecule has 1 N–H and O–H groups in total. The van der Waals surface area contributed by atoms with Crippen LogP contribution in [-0.2, 0) is 4.79 Å². The van der Waals surface area contributed by atoms with Gasteiger partial charge >= 0.3 is 0 Å². The summed E-state index contributed by atoms with van der Waals surface area (Å²) in [6.07, 6.45) is 0. The number of hydrogen-bond acceptors (Lipinski definition) is 3. The first-order valence-electron chi connectivity index (χ1n) is 5.28. The fourth-order valence-electron chi connectivity index (χ4n) is 1.14. The predicted molar refractivity (Wildman–Crippen MR) is 68.7 cm³/mol. The molecule has 1 rings (SSSR count). The second-order valence-electron chi connectivity index (χ2n) is 3.75. The Bertz CT molecular complexity index is 314. The summed E-state index contributed by atoms with van der Waals surface area (Å²) in [4.78, 5) is 14.6. The van der Waals surface area contributed by atoms with Crippen LogP contribution in [0.5, 0.6) is 0 Å². The van der Waals surface area contributed by atoms with E-state index in [4.69, 9.17) is 0 Å². The molecule has 1 aromatic carbocycles. The standard InChI is InChI=1S/C12H18N2OS/c1-14(2)9-8-13-12(15)10-16-11-6-4-3-5-7-11/h3-7H,8-10H2,1-2H3,(H,13,15). The summed E-state index contributed by atoms with van der Waals surface area (Å²) >= 11 is 1.56. The van der Waals surface area contributed by atoms with Crippen LogP contribution in [0.25, 0.3) is 0 Å². The molecule has 0 heterocycles. The Hall–Kier alpha value is -1.00. The maximum atomic E-state index is 11.4. The van der Waals surface area contributed by atoms with Crippen molar-refractivity contribution < 1.29 is 4.79 Å². The van der Waals surface area contributed by atoms with Crippen LogP contribution in [0.4, 0.5) is 0 Å². The van der Waals surface area contributed by atoms with E-state index >= 15 is 0 Å². The van der Waals surface area contributed by atoms with Crippen LogP contribution in [0.2, 0.25) is 0 Å². The number of rotatable bonds is 6. The van der Waals surface area contributed by atoms with Crippen molar-refractivity contribution in [1.29, 1.82) is 0 Å². The largest absolute Gasteiger partial charge is 0.354 e. The summed E-state index contributed by atoms with van der Waals surface area (Å²) in [5, 5.41) is 2.88. The van der Waals surface area contributed by atoms with Gasteiger partial charge in [0.05, 0.1) is 5.75 Å². The third-order valence-corrected chi connectivity index (χ3v) is 3.01. The normalized spacial score (nSPS) is 10.4. The van der Waals surface area contributed by atoms with E-state index in [9.17, 15) is 4.79 Å². The van der Waals surface area contributed by atoms with Crippen molar-refractivity contribution in [1.82, 2.24) is 10.2 Å². The lowest BCUT2D eigenvalue weighted by Gasteiger charge is -2.10. The van der Waals surface area contributed by atoms with Crippen molar-refractivity contribution in [3.05, 3.63) is 30.3 Å². The highest BCUT2D eigenvalue weighted by Gasteiger charge is 2.01. The number of nitrogens with one attached hydrogen (secondary N) is 1. The molecule has 0 unspecified atom stereocenters. The van der Waals surface area contributed by atoms with Crippen molar-refractivity contribution in [3.63, 3.8) is 0 Å². The fourth-order valence-corrected chi connectivity index (χ4v) is 1.88. The molecule has 16 heavy (non-hydrogen) atoms. The molecule has 0 spiro atoms. The number of amides is 1. The van der Waals surface area contributed by atoms with Crippen LogP contribution >= 0.6 is 11.8 Å². The lowest BCUT2D eigenvalue weighted by atomic mass is 10.4. The minimum atomic E-state index is 0.0932. The number of thioether (sulfide) groups is 1. The van der Waals surface area contributed by atoms with E-state index in [1.54, 1.807) is 11.8 Å². The molecule has 0 radical (unpaired) electrons. The molecule has 0 aliphatic carbocycles. The summed E-state index contributed by atoms with van der Waals surface area (Å²) < 4.78 is 0. The van der Waals surface area contributed by atoms with Gasteiger partial charge in [-0.1, -0.05) is 18.2 Å². The SMILES string of the molecule is CN(C)CCNC(=O)CSc1ccccc1. The molecule has 3 nitrogen and oxygen atoms in total.